The average Bonchev–Trinajstić information content (AvgIpc) is 2.26. The maximum Gasteiger partial charge on any atom is 0.417 e. The molecule has 0 atom stereocenters. The van der Waals surface area contributed by atoms with Crippen LogP contribution in [0.2, 0.25) is 0 Å². The van der Waals surface area contributed by atoms with Gasteiger partial charge in [0.05, 0.1) is 5.56 Å². The second-order valence-corrected chi connectivity index (χ2v) is 4.42. The van der Waals surface area contributed by atoms with Crippen molar-refractivity contribution in [3.8, 4) is 11.4 Å². The highest BCUT2D eigenvalue weighted by Gasteiger charge is 2.33. The summed E-state index contributed by atoms with van der Waals surface area (Å²) >= 11 is 2.85. The Morgan fingerprint density at radius 2 is 1.58 bits per heavy atom. The van der Waals surface area contributed by atoms with E-state index in [0.717, 1.165) is 6.07 Å². The van der Waals surface area contributed by atoms with Gasteiger partial charge in [-0.25, -0.2) is 0 Å². The molecule has 0 bridgehead atoms. The fourth-order valence-electron chi connectivity index (χ4n) is 1.42. The molecule has 0 amide bonds. The van der Waals surface area contributed by atoms with Crippen molar-refractivity contribution in [1.29, 1.82) is 0 Å². The summed E-state index contributed by atoms with van der Waals surface area (Å²) < 4.78 is 38.2. The molecular weight excluding hydrogens is 327 g/mol. The number of hydrogen-bond acceptors (Lipinski definition) is 5. The quantitative estimate of drug-likeness (QED) is 0.836. The van der Waals surface area contributed by atoms with E-state index in [-0.39, 0.29) is 27.8 Å². The van der Waals surface area contributed by atoms with Crippen molar-refractivity contribution in [3.63, 3.8) is 0 Å². The van der Waals surface area contributed by atoms with Crippen molar-refractivity contribution in [2.45, 2.75) is 6.18 Å². The fourth-order valence-corrected chi connectivity index (χ4v) is 1.89. The topological polar surface area (TPSA) is 90.7 Å². The fraction of sp³-hybridized carbons (Fsp3) is 0.100. The summed E-state index contributed by atoms with van der Waals surface area (Å²) in [4.78, 5) is 11.1. The normalized spacial score (nSPS) is 11.6. The van der Waals surface area contributed by atoms with E-state index in [1.807, 2.05) is 0 Å². The molecule has 0 aliphatic rings. The number of benzene rings is 1. The van der Waals surface area contributed by atoms with Crippen molar-refractivity contribution in [3.05, 3.63) is 28.2 Å². The van der Waals surface area contributed by atoms with Crippen molar-refractivity contribution in [2.75, 3.05) is 11.5 Å². The number of alkyl halides is 3. The molecule has 1 heterocycles. The van der Waals surface area contributed by atoms with E-state index in [0.29, 0.717) is 0 Å². The van der Waals surface area contributed by atoms with Crippen LogP contribution < -0.4 is 11.5 Å². The molecule has 2 rings (SSSR count). The summed E-state index contributed by atoms with van der Waals surface area (Å²) in [5.41, 5.74) is 10.1. The molecule has 0 aliphatic heterocycles. The molecule has 19 heavy (non-hydrogen) atoms. The first kappa shape index (κ1) is 13.5. The predicted molar refractivity (Wildman–Crippen MR) is 66.8 cm³/mol. The minimum atomic E-state index is -4.49. The van der Waals surface area contributed by atoms with Gasteiger partial charge in [0, 0.05) is 10.0 Å². The molecule has 2 aromatic rings. The Kier molecular flexibility index (Phi) is 3.31. The summed E-state index contributed by atoms with van der Waals surface area (Å²) in [5.74, 6) is -0.319. The van der Waals surface area contributed by atoms with Crippen molar-refractivity contribution in [1.82, 2.24) is 15.0 Å². The molecule has 100 valence electrons. The SMILES string of the molecule is Nc1nc(N)nc(-c2ccc(Br)c(C(F)(F)F)c2)n1. The standard InChI is InChI=1S/C10H7BrF3N5/c11-6-2-1-4(3-5(6)10(12,13)14)7-17-8(15)19-9(16)18-7/h1-3H,(H4,15,16,17,18,19). The second-order valence-electron chi connectivity index (χ2n) is 3.57. The maximum absolute atomic E-state index is 12.8. The van der Waals surface area contributed by atoms with Crippen molar-refractivity contribution in [2.24, 2.45) is 0 Å². The Morgan fingerprint density at radius 1 is 1.00 bits per heavy atom. The molecule has 0 spiro atoms. The zero-order valence-corrected chi connectivity index (χ0v) is 10.8. The third-order valence-electron chi connectivity index (χ3n) is 2.20. The average molecular weight is 334 g/mol. The summed E-state index contributed by atoms with van der Waals surface area (Å²) in [6.45, 7) is 0. The molecule has 4 N–H and O–H groups in total. The van der Waals surface area contributed by atoms with Gasteiger partial charge < -0.3 is 11.5 Å². The molecule has 0 saturated heterocycles. The Labute approximate surface area is 114 Å². The lowest BCUT2D eigenvalue weighted by molar-refractivity contribution is -0.138. The predicted octanol–water partition coefficient (Wildman–Crippen LogP) is 2.48. The molecule has 0 fully saturated rings. The van der Waals surface area contributed by atoms with E-state index >= 15 is 0 Å². The number of anilines is 2. The van der Waals surface area contributed by atoms with Gasteiger partial charge >= 0.3 is 6.18 Å². The van der Waals surface area contributed by atoms with E-state index in [2.05, 4.69) is 30.9 Å². The van der Waals surface area contributed by atoms with E-state index in [1.165, 1.54) is 12.1 Å². The monoisotopic (exact) mass is 333 g/mol. The van der Waals surface area contributed by atoms with Crippen LogP contribution in [0.15, 0.2) is 22.7 Å². The molecular formula is C10H7BrF3N5. The van der Waals surface area contributed by atoms with Crippen molar-refractivity contribution < 1.29 is 13.2 Å². The Hall–Kier alpha value is -1.90. The highest BCUT2D eigenvalue weighted by atomic mass is 79.9. The highest BCUT2D eigenvalue weighted by Crippen LogP contribution is 2.36. The van der Waals surface area contributed by atoms with Gasteiger partial charge in [0.25, 0.3) is 0 Å². The molecule has 9 heteroatoms. The van der Waals surface area contributed by atoms with Crippen LogP contribution in [0.25, 0.3) is 11.4 Å². The Bertz CT molecular complexity index is 609. The van der Waals surface area contributed by atoms with Crippen LogP contribution in [0.5, 0.6) is 0 Å². The largest absolute Gasteiger partial charge is 0.417 e. The van der Waals surface area contributed by atoms with Gasteiger partial charge in [-0.15, -0.1) is 0 Å². The molecule has 1 aromatic carbocycles. The number of nitrogens with two attached hydrogens (primary N) is 2. The number of hydrogen-bond donors (Lipinski definition) is 2. The van der Waals surface area contributed by atoms with Gasteiger partial charge in [-0.3, -0.25) is 0 Å². The highest BCUT2D eigenvalue weighted by molar-refractivity contribution is 9.10. The number of halogens is 4. The van der Waals surface area contributed by atoms with Gasteiger partial charge in [0.15, 0.2) is 5.82 Å². The number of nitrogens with zero attached hydrogens (tertiary/aromatic N) is 3. The first-order valence-electron chi connectivity index (χ1n) is 4.91. The van der Waals surface area contributed by atoms with Gasteiger partial charge in [-0.05, 0) is 12.1 Å². The molecule has 0 unspecified atom stereocenters. The lowest BCUT2D eigenvalue weighted by Crippen LogP contribution is -2.07. The summed E-state index contributed by atoms with van der Waals surface area (Å²) in [5, 5.41) is 0. The molecule has 0 aliphatic carbocycles. The van der Waals surface area contributed by atoms with Crippen LogP contribution in [-0.4, -0.2) is 15.0 Å². The van der Waals surface area contributed by atoms with Crippen LogP contribution in [0, 0.1) is 0 Å². The lowest BCUT2D eigenvalue weighted by Gasteiger charge is -2.10. The van der Waals surface area contributed by atoms with Crippen molar-refractivity contribution >= 4 is 27.8 Å². The van der Waals surface area contributed by atoms with Gasteiger partial charge in [-0.2, -0.15) is 28.1 Å². The first-order valence-corrected chi connectivity index (χ1v) is 5.71. The van der Waals surface area contributed by atoms with Gasteiger partial charge in [-0.1, -0.05) is 22.0 Å². The second kappa shape index (κ2) is 4.65. The van der Waals surface area contributed by atoms with E-state index in [9.17, 15) is 13.2 Å². The molecule has 5 nitrogen and oxygen atoms in total. The van der Waals surface area contributed by atoms with Crippen LogP contribution in [0.1, 0.15) is 5.56 Å². The summed E-state index contributed by atoms with van der Waals surface area (Å²) in [6, 6.07) is 3.60. The van der Waals surface area contributed by atoms with Gasteiger partial charge in [0.2, 0.25) is 11.9 Å². The summed E-state index contributed by atoms with van der Waals surface area (Å²) in [7, 11) is 0. The minimum Gasteiger partial charge on any atom is -0.368 e. The van der Waals surface area contributed by atoms with E-state index in [1.54, 1.807) is 0 Å². The first-order chi connectivity index (χ1) is 8.77. The van der Waals surface area contributed by atoms with E-state index in [4.69, 9.17) is 11.5 Å². The lowest BCUT2D eigenvalue weighted by atomic mass is 10.1. The third-order valence-corrected chi connectivity index (χ3v) is 2.89. The maximum atomic E-state index is 12.8. The zero-order valence-electron chi connectivity index (χ0n) is 9.24. The van der Waals surface area contributed by atoms with Gasteiger partial charge in [0.1, 0.15) is 0 Å². The summed E-state index contributed by atoms with van der Waals surface area (Å²) in [6.07, 6.45) is -4.49. The van der Waals surface area contributed by atoms with Crippen LogP contribution in [-0.2, 0) is 6.18 Å². The molecule has 0 saturated carbocycles. The molecule has 0 radical (unpaired) electrons. The third kappa shape index (κ3) is 2.92. The molecule has 1 aromatic heterocycles. The Balaban J connectivity index is 2.58. The minimum absolute atomic E-state index is 0.0111. The van der Waals surface area contributed by atoms with Crippen LogP contribution in [0.3, 0.4) is 0 Å². The number of aromatic nitrogens is 3. The Morgan fingerprint density at radius 3 is 2.11 bits per heavy atom. The number of rotatable bonds is 1. The van der Waals surface area contributed by atoms with E-state index < -0.39 is 11.7 Å². The van der Waals surface area contributed by atoms with Crippen LogP contribution >= 0.6 is 15.9 Å². The zero-order chi connectivity index (χ0) is 14.2. The smallest absolute Gasteiger partial charge is 0.368 e. The number of nitrogen functional groups attached to an aromatic ring is 2. The van der Waals surface area contributed by atoms with Crippen LogP contribution in [0.4, 0.5) is 25.1 Å².